The van der Waals surface area contributed by atoms with Crippen LogP contribution in [0, 0.1) is 5.92 Å². The Morgan fingerprint density at radius 2 is 0.737 bits per heavy atom. The number of benzene rings is 5. The molecule has 0 bridgehead atoms. The minimum atomic E-state index is -1.98. The number of para-hydroxylation sites is 5. The van der Waals surface area contributed by atoms with Crippen LogP contribution in [0.1, 0.15) is 96.3 Å². The second kappa shape index (κ2) is 19.9. The Balaban J connectivity index is 1.39. The standard InChI is InChI=1S/C49H54O6P2/c1-34(2)38-22-10-9-11-28-44(38)50-56(51-45-29-17-12-23-39(45)35(3)4)54-48-32-20-15-26-42(48)43-27-16-21-33-49(43)55-57(52-46-30-18-13-24-40(46)36(5)6)53-47-31-19-14-25-41(47)37(7)8/h9-21,23-37H,22H2,1-8H3. The van der Waals surface area contributed by atoms with Crippen LogP contribution in [0.2, 0.25) is 0 Å². The molecule has 0 aliphatic heterocycles. The molecule has 0 radical (unpaired) electrons. The van der Waals surface area contributed by atoms with E-state index in [4.69, 9.17) is 27.1 Å². The van der Waals surface area contributed by atoms with Gasteiger partial charge in [-0.2, -0.15) is 0 Å². The third-order valence-corrected chi connectivity index (χ3v) is 11.6. The molecule has 0 spiro atoms. The molecule has 1 aliphatic rings. The Morgan fingerprint density at radius 3 is 1.14 bits per heavy atom. The molecule has 1 atom stereocenters. The van der Waals surface area contributed by atoms with Crippen molar-refractivity contribution in [3.8, 4) is 39.9 Å². The van der Waals surface area contributed by atoms with Crippen molar-refractivity contribution < 1.29 is 27.1 Å². The van der Waals surface area contributed by atoms with Crippen LogP contribution >= 0.6 is 17.2 Å². The molecule has 296 valence electrons. The summed E-state index contributed by atoms with van der Waals surface area (Å²) in [7, 11) is -3.96. The zero-order chi connectivity index (χ0) is 40.3. The fourth-order valence-corrected chi connectivity index (χ4v) is 8.67. The second-order valence-electron chi connectivity index (χ2n) is 15.1. The first kappa shape index (κ1) is 41.6. The molecule has 5 aromatic carbocycles. The van der Waals surface area contributed by atoms with Crippen molar-refractivity contribution in [1.82, 2.24) is 0 Å². The van der Waals surface area contributed by atoms with Crippen LogP contribution in [0.3, 0.4) is 0 Å². The lowest BCUT2D eigenvalue weighted by Gasteiger charge is -2.24. The molecule has 6 nitrogen and oxygen atoms in total. The Morgan fingerprint density at radius 1 is 0.386 bits per heavy atom. The van der Waals surface area contributed by atoms with Crippen molar-refractivity contribution in [3.05, 3.63) is 174 Å². The average Bonchev–Trinajstić information content (AvgIpc) is 3.44. The summed E-state index contributed by atoms with van der Waals surface area (Å²) in [6, 6.07) is 40.0. The Bertz CT molecular complexity index is 2130. The van der Waals surface area contributed by atoms with Gasteiger partial charge in [0.25, 0.3) is 0 Å². The summed E-state index contributed by atoms with van der Waals surface area (Å²) in [5.41, 5.74) is 6.01. The minimum absolute atomic E-state index is 0.237. The van der Waals surface area contributed by atoms with Gasteiger partial charge in [-0.25, -0.2) is 0 Å². The van der Waals surface area contributed by atoms with Gasteiger partial charge in [0.2, 0.25) is 0 Å². The van der Waals surface area contributed by atoms with Crippen LogP contribution in [0.25, 0.3) is 11.1 Å². The van der Waals surface area contributed by atoms with Crippen LogP contribution < -0.4 is 22.6 Å². The van der Waals surface area contributed by atoms with Gasteiger partial charge in [0.05, 0.1) is 0 Å². The molecule has 0 amide bonds. The third-order valence-electron chi connectivity index (χ3n) is 9.57. The first-order valence-electron chi connectivity index (χ1n) is 19.8. The van der Waals surface area contributed by atoms with Gasteiger partial charge in [-0.3, -0.25) is 0 Å². The monoisotopic (exact) mass is 800 g/mol. The fraction of sp³-hybridized carbons (Fsp3) is 0.265. The van der Waals surface area contributed by atoms with E-state index in [1.165, 1.54) is 5.57 Å². The van der Waals surface area contributed by atoms with E-state index in [0.717, 1.165) is 57.2 Å². The Labute approximate surface area is 342 Å². The lowest BCUT2D eigenvalue weighted by atomic mass is 9.99. The molecular formula is C49H54O6P2. The van der Waals surface area contributed by atoms with E-state index >= 15 is 0 Å². The van der Waals surface area contributed by atoms with Crippen molar-refractivity contribution in [2.75, 3.05) is 0 Å². The smallest absolute Gasteiger partial charge is 0.409 e. The molecule has 0 saturated heterocycles. The Hall–Kier alpha value is -5.02. The molecule has 1 unspecified atom stereocenters. The summed E-state index contributed by atoms with van der Waals surface area (Å²) < 4.78 is 40.6. The number of rotatable bonds is 17. The van der Waals surface area contributed by atoms with Crippen LogP contribution in [-0.2, 0) is 4.52 Å². The number of hydrogen-bond donors (Lipinski definition) is 0. The molecule has 6 rings (SSSR count). The summed E-state index contributed by atoms with van der Waals surface area (Å²) in [6.45, 7) is 17.3. The summed E-state index contributed by atoms with van der Waals surface area (Å²) in [5.74, 6) is 5.08. The van der Waals surface area contributed by atoms with Crippen molar-refractivity contribution in [2.24, 2.45) is 5.92 Å². The summed E-state index contributed by atoms with van der Waals surface area (Å²) in [5, 5.41) is 0. The van der Waals surface area contributed by atoms with Crippen molar-refractivity contribution in [3.63, 3.8) is 0 Å². The van der Waals surface area contributed by atoms with Crippen LogP contribution in [0.5, 0.6) is 28.7 Å². The van der Waals surface area contributed by atoms with Gasteiger partial charge in [0.15, 0.2) is 0 Å². The summed E-state index contributed by atoms with van der Waals surface area (Å²) >= 11 is 0. The zero-order valence-electron chi connectivity index (χ0n) is 34.2. The van der Waals surface area contributed by atoms with Crippen LogP contribution in [0.4, 0.5) is 0 Å². The summed E-state index contributed by atoms with van der Waals surface area (Å²) in [4.78, 5) is 0. The van der Waals surface area contributed by atoms with E-state index in [0.29, 0.717) is 11.5 Å². The Kier molecular flexibility index (Phi) is 14.5. The van der Waals surface area contributed by atoms with Crippen LogP contribution in [0.15, 0.2) is 157 Å². The highest BCUT2D eigenvalue weighted by molar-refractivity contribution is 7.43. The quantitative estimate of drug-likeness (QED) is 0.0873. The molecule has 1 aliphatic carbocycles. The second-order valence-corrected chi connectivity index (χ2v) is 17.1. The highest BCUT2D eigenvalue weighted by atomic mass is 31.2. The molecule has 0 aromatic heterocycles. The maximum atomic E-state index is 6.86. The highest BCUT2D eigenvalue weighted by Gasteiger charge is 2.29. The largest absolute Gasteiger partial charge is 0.530 e. The molecule has 0 saturated carbocycles. The summed E-state index contributed by atoms with van der Waals surface area (Å²) in [6.07, 6.45) is 8.99. The molecule has 0 fully saturated rings. The highest BCUT2D eigenvalue weighted by Crippen LogP contribution is 2.52. The first-order valence-corrected chi connectivity index (χ1v) is 22.0. The van der Waals surface area contributed by atoms with Crippen molar-refractivity contribution in [2.45, 2.75) is 79.6 Å². The topological polar surface area (TPSA) is 55.4 Å². The van der Waals surface area contributed by atoms with E-state index < -0.39 is 17.2 Å². The lowest BCUT2D eigenvalue weighted by Crippen LogP contribution is -2.07. The van der Waals surface area contributed by atoms with Gasteiger partial charge in [-0.1, -0.05) is 165 Å². The van der Waals surface area contributed by atoms with Gasteiger partial charge < -0.3 is 27.1 Å². The van der Waals surface area contributed by atoms with Gasteiger partial charge in [-0.05, 0) is 88.8 Å². The first-order chi connectivity index (χ1) is 27.6. The van der Waals surface area contributed by atoms with E-state index in [9.17, 15) is 0 Å². The lowest BCUT2D eigenvalue weighted by molar-refractivity contribution is 0.332. The van der Waals surface area contributed by atoms with Crippen molar-refractivity contribution >= 4 is 17.2 Å². The van der Waals surface area contributed by atoms with Gasteiger partial charge in [0.1, 0.15) is 34.5 Å². The predicted octanol–water partition coefficient (Wildman–Crippen LogP) is 15.6. The normalized spacial score (nSPS) is 13.4. The molecule has 57 heavy (non-hydrogen) atoms. The van der Waals surface area contributed by atoms with E-state index in [1.54, 1.807) is 0 Å². The molecule has 5 aromatic rings. The van der Waals surface area contributed by atoms with Gasteiger partial charge >= 0.3 is 17.2 Å². The van der Waals surface area contributed by atoms with Gasteiger partial charge in [-0.15, -0.1) is 0 Å². The fourth-order valence-electron chi connectivity index (χ4n) is 6.49. The van der Waals surface area contributed by atoms with Crippen LogP contribution in [-0.4, -0.2) is 0 Å². The maximum absolute atomic E-state index is 6.86. The minimum Gasteiger partial charge on any atom is -0.409 e. The number of hydrogen-bond acceptors (Lipinski definition) is 6. The van der Waals surface area contributed by atoms with E-state index in [2.05, 4.69) is 79.7 Å². The van der Waals surface area contributed by atoms with Gasteiger partial charge in [0, 0.05) is 11.1 Å². The van der Waals surface area contributed by atoms with E-state index in [-0.39, 0.29) is 23.7 Å². The average molecular weight is 801 g/mol. The molecule has 0 N–H and O–H groups in total. The third kappa shape index (κ3) is 10.9. The molecule has 0 heterocycles. The predicted molar refractivity (Wildman–Crippen MR) is 236 cm³/mol. The number of allylic oxidation sites excluding steroid dienone is 5. The maximum Gasteiger partial charge on any atom is 0.530 e. The SMILES string of the molecule is CC(C)C1=C(OP(Oc2ccccc2-c2ccccc2OP(Oc2ccccc2C(C)C)Oc2ccccc2C(C)C)Oc2ccccc2C(C)C)C=CC=CC1. The van der Waals surface area contributed by atoms with Crippen molar-refractivity contribution in [1.29, 1.82) is 0 Å². The molecule has 8 heteroatoms. The van der Waals surface area contributed by atoms with E-state index in [1.807, 2.05) is 121 Å². The zero-order valence-corrected chi connectivity index (χ0v) is 36.0. The molecular weight excluding hydrogens is 746 g/mol.